The van der Waals surface area contributed by atoms with Gasteiger partial charge in [-0.3, -0.25) is 9.78 Å². The highest BCUT2D eigenvalue weighted by Crippen LogP contribution is 2.28. The lowest BCUT2D eigenvalue weighted by molar-refractivity contribution is 0.0302. The Morgan fingerprint density at radius 2 is 2.00 bits per heavy atom. The largest absolute Gasteiger partial charge is 0.378 e. The maximum Gasteiger partial charge on any atom is 0.255 e. The van der Waals surface area contributed by atoms with Crippen molar-refractivity contribution in [3.63, 3.8) is 0 Å². The van der Waals surface area contributed by atoms with Gasteiger partial charge in [0.15, 0.2) is 0 Å². The molecule has 0 saturated carbocycles. The number of rotatable bonds is 3. The number of nitrogens with one attached hydrogen (secondary N) is 1. The first kappa shape index (κ1) is 16.8. The maximum absolute atomic E-state index is 12.5. The quantitative estimate of drug-likeness (QED) is 0.766. The molecule has 1 amide bonds. The number of fused-ring (bicyclic) bond motifs is 1. The zero-order valence-corrected chi connectivity index (χ0v) is 14.7. The minimum Gasteiger partial charge on any atom is -0.378 e. The van der Waals surface area contributed by atoms with Crippen molar-refractivity contribution in [2.24, 2.45) is 0 Å². The van der Waals surface area contributed by atoms with Crippen LogP contribution in [0.5, 0.6) is 0 Å². The van der Waals surface area contributed by atoms with Crippen LogP contribution in [-0.2, 0) is 4.74 Å². The fourth-order valence-electron chi connectivity index (χ4n) is 2.93. The van der Waals surface area contributed by atoms with E-state index in [1.54, 1.807) is 29.4 Å². The molecule has 0 unspecified atom stereocenters. The van der Waals surface area contributed by atoms with E-state index in [1.807, 2.05) is 24.3 Å². The second kappa shape index (κ2) is 7.27. The fraction of sp³-hybridized carbons (Fsp3) is 0.211. The molecule has 1 aliphatic rings. The van der Waals surface area contributed by atoms with E-state index in [4.69, 9.17) is 16.3 Å². The normalized spacial score (nSPS) is 14.4. The molecule has 3 aromatic rings. The molecule has 3 heterocycles. The molecular weight excluding hydrogens is 352 g/mol. The van der Waals surface area contributed by atoms with Crippen molar-refractivity contribution in [3.05, 3.63) is 59.4 Å². The molecule has 0 aliphatic carbocycles. The Balaban J connectivity index is 1.55. The summed E-state index contributed by atoms with van der Waals surface area (Å²) in [6.07, 6.45) is 3.32. The van der Waals surface area contributed by atoms with Crippen molar-refractivity contribution in [1.29, 1.82) is 0 Å². The van der Waals surface area contributed by atoms with Crippen molar-refractivity contribution in [3.8, 4) is 0 Å². The van der Waals surface area contributed by atoms with Gasteiger partial charge in [0, 0.05) is 35.9 Å². The number of halogens is 1. The van der Waals surface area contributed by atoms with E-state index in [0.717, 1.165) is 16.6 Å². The van der Waals surface area contributed by atoms with Crippen LogP contribution in [0.2, 0.25) is 5.02 Å². The average molecular weight is 369 g/mol. The number of carbonyl (C=O) groups is 1. The molecule has 132 valence electrons. The maximum atomic E-state index is 12.5. The summed E-state index contributed by atoms with van der Waals surface area (Å²) in [5, 5.41) is 4.79. The highest BCUT2D eigenvalue weighted by Gasteiger charge is 2.18. The van der Waals surface area contributed by atoms with Gasteiger partial charge in [-0.1, -0.05) is 17.7 Å². The minimum atomic E-state index is -0.0257. The number of benzene rings is 1. The molecule has 2 aromatic heterocycles. The van der Waals surface area contributed by atoms with Crippen molar-refractivity contribution in [2.45, 2.75) is 0 Å². The van der Waals surface area contributed by atoms with Gasteiger partial charge in [0.05, 0.1) is 30.0 Å². The number of ether oxygens (including phenoxy) is 1. The molecule has 1 N–H and O–H groups in total. The second-order valence-electron chi connectivity index (χ2n) is 5.99. The Kier molecular flexibility index (Phi) is 4.69. The number of pyridine rings is 2. The summed E-state index contributed by atoms with van der Waals surface area (Å²) in [7, 11) is 0. The Morgan fingerprint density at radius 3 is 2.77 bits per heavy atom. The van der Waals surface area contributed by atoms with Gasteiger partial charge in [0.25, 0.3) is 5.91 Å². The molecule has 1 saturated heterocycles. The summed E-state index contributed by atoms with van der Waals surface area (Å²) in [5.74, 6) is 0.597. The molecule has 0 atom stereocenters. The Bertz CT molecular complexity index is 940. The number of amides is 1. The van der Waals surface area contributed by atoms with E-state index < -0.39 is 0 Å². The lowest BCUT2D eigenvalue weighted by Gasteiger charge is -2.26. The van der Waals surface area contributed by atoms with E-state index in [1.165, 1.54) is 0 Å². The molecular formula is C19H17ClN4O2. The Morgan fingerprint density at radius 1 is 1.15 bits per heavy atom. The molecule has 7 heteroatoms. The number of aromatic nitrogens is 2. The second-order valence-corrected chi connectivity index (χ2v) is 6.43. The molecule has 0 spiro atoms. The van der Waals surface area contributed by atoms with Crippen LogP contribution in [-0.4, -0.2) is 47.1 Å². The third-order valence-corrected chi connectivity index (χ3v) is 4.46. The van der Waals surface area contributed by atoms with Crippen LogP contribution in [0.4, 0.5) is 11.5 Å². The van der Waals surface area contributed by atoms with Gasteiger partial charge in [-0.05, 0) is 30.3 Å². The molecule has 0 radical (unpaired) electrons. The average Bonchev–Trinajstić information content (AvgIpc) is 2.68. The summed E-state index contributed by atoms with van der Waals surface area (Å²) < 4.78 is 5.28. The Hall–Kier alpha value is -2.70. The van der Waals surface area contributed by atoms with Gasteiger partial charge < -0.3 is 15.0 Å². The lowest BCUT2D eigenvalue weighted by atomic mass is 10.2. The van der Waals surface area contributed by atoms with Crippen molar-refractivity contribution in [1.82, 2.24) is 14.9 Å². The predicted molar refractivity (Wildman–Crippen MR) is 101 cm³/mol. The first-order valence-electron chi connectivity index (χ1n) is 8.35. The van der Waals surface area contributed by atoms with Crippen molar-refractivity contribution >= 4 is 39.9 Å². The van der Waals surface area contributed by atoms with Gasteiger partial charge in [-0.15, -0.1) is 0 Å². The molecule has 1 fully saturated rings. The van der Waals surface area contributed by atoms with Gasteiger partial charge >= 0.3 is 0 Å². The number of hydrogen-bond acceptors (Lipinski definition) is 5. The van der Waals surface area contributed by atoms with Gasteiger partial charge in [0.2, 0.25) is 0 Å². The number of carbonyl (C=O) groups excluding carboxylic acids is 1. The summed E-state index contributed by atoms with van der Waals surface area (Å²) in [4.78, 5) is 23.0. The number of morpholine rings is 1. The fourth-order valence-corrected chi connectivity index (χ4v) is 3.16. The molecule has 1 aliphatic heterocycles. The SMILES string of the molecule is O=C(c1ccc(Nc2cc(Cl)cc3cccnc23)nc1)N1CCOCC1. The van der Waals surface area contributed by atoms with Gasteiger partial charge in [-0.2, -0.15) is 0 Å². The minimum absolute atomic E-state index is 0.0257. The van der Waals surface area contributed by atoms with Crippen LogP contribution in [0.25, 0.3) is 10.9 Å². The Labute approximate surface area is 155 Å². The van der Waals surface area contributed by atoms with Crippen LogP contribution >= 0.6 is 11.6 Å². The molecule has 4 rings (SSSR count). The van der Waals surface area contributed by atoms with Crippen LogP contribution < -0.4 is 5.32 Å². The highest BCUT2D eigenvalue weighted by atomic mass is 35.5. The van der Waals surface area contributed by atoms with Gasteiger partial charge in [0.1, 0.15) is 5.82 Å². The van der Waals surface area contributed by atoms with E-state index in [2.05, 4.69) is 15.3 Å². The molecule has 26 heavy (non-hydrogen) atoms. The van der Waals surface area contributed by atoms with Gasteiger partial charge in [-0.25, -0.2) is 4.98 Å². The van der Waals surface area contributed by atoms with Crippen LogP contribution in [0.1, 0.15) is 10.4 Å². The van der Waals surface area contributed by atoms with Crippen LogP contribution in [0.3, 0.4) is 0 Å². The molecule has 1 aromatic carbocycles. The monoisotopic (exact) mass is 368 g/mol. The van der Waals surface area contributed by atoms with E-state index in [9.17, 15) is 4.79 Å². The summed E-state index contributed by atoms with van der Waals surface area (Å²) in [5.41, 5.74) is 2.14. The number of anilines is 2. The number of hydrogen-bond donors (Lipinski definition) is 1. The predicted octanol–water partition coefficient (Wildman–Crippen LogP) is 3.50. The zero-order valence-electron chi connectivity index (χ0n) is 14.0. The van der Waals surface area contributed by atoms with Crippen molar-refractivity contribution in [2.75, 3.05) is 31.6 Å². The van der Waals surface area contributed by atoms with E-state index in [0.29, 0.717) is 42.7 Å². The summed E-state index contributed by atoms with van der Waals surface area (Å²) in [6, 6.07) is 11.1. The van der Waals surface area contributed by atoms with E-state index in [-0.39, 0.29) is 5.91 Å². The zero-order chi connectivity index (χ0) is 17.9. The smallest absolute Gasteiger partial charge is 0.255 e. The standard InChI is InChI=1S/C19H17ClN4O2/c20-15-10-13-2-1-5-21-18(13)16(11-15)23-17-4-3-14(12-22-17)19(25)24-6-8-26-9-7-24/h1-5,10-12H,6-9H2,(H,22,23). The molecule has 6 nitrogen and oxygen atoms in total. The van der Waals surface area contributed by atoms with E-state index >= 15 is 0 Å². The summed E-state index contributed by atoms with van der Waals surface area (Å²) >= 11 is 6.19. The first-order chi connectivity index (χ1) is 12.7. The topological polar surface area (TPSA) is 67.4 Å². The molecule has 0 bridgehead atoms. The lowest BCUT2D eigenvalue weighted by Crippen LogP contribution is -2.40. The summed E-state index contributed by atoms with van der Waals surface area (Å²) in [6.45, 7) is 2.37. The highest BCUT2D eigenvalue weighted by molar-refractivity contribution is 6.31. The van der Waals surface area contributed by atoms with Crippen LogP contribution in [0, 0.1) is 0 Å². The third kappa shape index (κ3) is 3.47. The third-order valence-electron chi connectivity index (χ3n) is 4.24. The van der Waals surface area contributed by atoms with Crippen LogP contribution in [0.15, 0.2) is 48.8 Å². The first-order valence-corrected chi connectivity index (χ1v) is 8.73. The van der Waals surface area contributed by atoms with Crippen molar-refractivity contribution < 1.29 is 9.53 Å². The number of nitrogens with zero attached hydrogens (tertiary/aromatic N) is 3.